The smallest absolute Gasteiger partial charge is 0.305 e. The number of aromatic hydroxyl groups is 1. The molecule has 1 aliphatic heterocycles. The Bertz CT molecular complexity index is 779. The number of hydrogen-bond acceptors (Lipinski definition) is 6. The minimum Gasteiger partial charge on any atom is -0.507 e. The maximum absolute atomic E-state index is 12.3. The van der Waals surface area contributed by atoms with Gasteiger partial charge in [-0.25, -0.2) is 0 Å². The summed E-state index contributed by atoms with van der Waals surface area (Å²) >= 11 is 3.91. The topological polar surface area (TPSA) is 124 Å². The number of nitrogens with one attached hydrogen (secondary N) is 1. The van der Waals surface area contributed by atoms with Crippen LogP contribution in [-0.2, 0) is 14.4 Å². The molecule has 0 aromatic heterocycles. The molecule has 1 heterocycles. The van der Waals surface area contributed by atoms with Gasteiger partial charge in [0, 0.05) is 16.6 Å². The highest BCUT2D eigenvalue weighted by molar-refractivity contribution is 9.10. The minimum atomic E-state index is -1.07. The molecule has 1 aliphatic rings. The Kier molecular flexibility index (Phi) is 6.21. The second kappa shape index (κ2) is 8.17. The maximum atomic E-state index is 12.3. The quantitative estimate of drug-likeness (QED) is 0.589. The van der Waals surface area contributed by atoms with Crippen molar-refractivity contribution >= 4 is 56.8 Å². The molecule has 10 heteroatoms. The number of phenols is 1. The predicted molar refractivity (Wildman–Crippen MR) is 93.7 cm³/mol. The monoisotopic (exact) mass is 428 g/mol. The fraction of sp³-hybridized carbons (Fsp3) is 0.200. The highest BCUT2D eigenvalue weighted by atomic mass is 79.9. The number of benzene rings is 1. The van der Waals surface area contributed by atoms with Gasteiger partial charge in [0.25, 0.3) is 11.1 Å². The van der Waals surface area contributed by atoms with Crippen LogP contribution >= 0.6 is 27.7 Å². The van der Waals surface area contributed by atoms with Crippen LogP contribution in [0.15, 0.2) is 27.6 Å². The van der Waals surface area contributed by atoms with Crippen LogP contribution in [0.25, 0.3) is 6.08 Å². The van der Waals surface area contributed by atoms with Gasteiger partial charge in [0.15, 0.2) is 0 Å². The van der Waals surface area contributed by atoms with Crippen molar-refractivity contribution in [3.05, 3.63) is 33.1 Å². The van der Waals surface area contributed by atoms with E-state index in [2.05, 4.69) is 21.2 Å². The number of carbonyl (C=O) groups is 4. The van der Waals surface area contributed by atoms with Crippen LogP contribution in [-0.4, -0.2) is 51.2 Å². The molecule has 3 amide bonds. The van der Waals surface area contributed by atoms with E-state index in [4.69, 9.17) is 5.11 Å². The number of thioether (sulfide) groups is 1. The summed E-state index contributed by atoms with van der Waals surface area (Å²) in [4.78, 5) is 47.2. The molecule has 8 nitrogen and oxygen atoms in total. The van der Waals surface area contributed by atoms with Crippen LogP contribution in [0.2, 0.25) is 0 Å². The molecule has 0 spiro atoms. The number of halogens is 1. The van der Waals surface area contributed by atoms with Crippen LogP contribution in [0.5, 0.6) is 5.75 Å². The van der Waals surface area contributed by atoms with E-state index in [9.17, 15) is 24.3 Å². The van der Waals surface area contributed by atoms with Crippen molar-refractivity contribution in [1.29, 1.82) is 0 Å². The second-order valence-electron chi connectivity index (χ2n) is 4.96. The molecular formula is C15H13BrN2O6S. The van der Waals surface area contributed by atoms with Crippen molar-refractivity contribution < 1.29 is 29.4 Å². The molecule has 0 radical (unpaired) electrons. The third-order valence-corrected chi connectivity index (χ3v) is 4.51. The van der Waals surface area contributed by atoms with Crippen LogP contribution in [0.4, 0.5) is 4.79 Å². The van der Waals surface area contributed by atoms with Gasteiger partial charge >= 0.3 is 5.97 Å². The predicted octanol–water partition coefficient (Wildman–Crippen LogP) is 1.78. The van der Waals surface area contributed by atoms with Gasteiger partial charge in [-0.3, -0.25) is 24.1 Å². The van der Waals surface area contributed by atoms with Crippen molar-refractivity contribution in [2.24, 2.45) is 0 Å². The van der Waals surface area contributed by atoms with E-state index >= 15 is 0 Å². The van der Waals surface area contributed by atoms with Gasteiger partial charge in [0.1, 0.15) is 12.3 Å². The molecule has 1 aromatic carbocycles. The van der Waals surface area contributed by atoms with Crippen LogP contribution in [0.3, 0.4) is 0 Å². The number of hydrogen-bond donors (Lipinski definition) is 3. The normalized spacial score (nSPS) is 15.7. The molecule has 0 unspecified atom stereocenters. The first kappa shape index (κ1) is 19.0. The standard InChI is InChI=1S/C15H13BrN2O6S/c16-9-1-2-10(19)8(5-9)6-11-14(23)18(15(24)25-11)7-12(20)17-4-3-13(21)22/h1-2,5-6,19H,3-4,7H2,(H,17,20)(H,21,22)/b11-6-. The fourth-order valence-electron chi connectivity index (χ4n) is 1.93. The summed E-state index contributed by atoms with van der Waals surface area (Å²) in [7, 11) is 0. The van der Waals surface area contributed by atoms with Crippen LogP contribution in [0.1, 0.15) is 12.0 Å². The number of imide groups is 1. The Balaban J connectivity index is 2.06. The minimum absolute atomic E-state index is 0.0542. The second-order valence-corrected chi connectivity index (χ2v) is 6.87. The number of phenolic OH excluding ortho intramolecular Hbond substituents is 1. The molecule has 132 valence electrons. The van der Waals surface area contributed by atoms with E-state index in [0.717, 1.165) is 4.90 Å². The molecule has 0 saturated carbocycles. The van der Waals surface area contributed by atoms with Crippen molar-refractivity contribution in [2.45, 2.75) is 6.42 Å². The fourth-order valence-corrected chi connectivity index (χ4v) is 3.13. The number of nitrogens with zero attached hydrogens (tertiary/aromatic N) is 1. The Morgan fingerprint density at radius 3 is 2.72 bits per heavy atom. The van der Waals surface area contributed by atoms with Crippen molar-refractivity contribution in [3.8, 4) is 5.75 Å². The Morgan fingerprint density at radius 2 is 2.04 bits per heavy atom. The van der Waals surface area contributed by atoms with Crippen molar-refractivity contribution in [2.75, 3.05) is 13.1 Å². The van der Waals surface area contributed by atoms with Gasteiger partial charge < -0.3 is 15.5 Å². The van der Waals surface area contributed by atoms with Crippen LogP contribution in [0, 0.1) is 0 Å². The van der Waals surface area contributed by atoms with Gasteiger partial charge in [0.05, 0.1) is 11.3 Å². The number of carbonyl (C=O) groups excluding carboxylic acids is 3. The van der Waals surface area contributed by atoms with Gasteiger partial charge in [-0.05, 0) is 36.0 Å². The lowest BCUT2D eigenvalue weighted by Gasteiger charge is -2.11. The lowest BCUT2D eigenvalue weighted by Crippen LogP contribution is -2.40. The van der Waals surface area contributed by atoms with Crippen molar-refractivity contribution in [1.82, 2.24) is 10.2 Å². The van der Waals surface area contributed by atoms with Gasteiger partial charge in [-0.1, -0.05) is 15.9 Å². The zero-order valence-electron chi connectivity index (χ0n) is 12.7. The summed E-state index contributed by atoms with van der Waals surface area (Å²) in [5.41, 5.74) is 0.353. The molecule has 1 aromatic rings. The van der Waals surface area contributed by atoms with E-state index < -0.39 is 29.6 Å². The Morgan fingerprint density at radius 1 is 1.32 bits per heavy atom. The van der Waals surface area contributed by atoms with Gasteiger partial charge in [0.2, 0.25) is 5.91 Å². The Labute approximate surface area is 155 Å². The first-order chi connectivity index (χ1) is 11.8. The average molecular weight is 429 g/mol. The number of rotatable bonds is 6. The molecule has 1 saturated heterocycles. The molecule has 2 rings (SSSR count). The highest BCUT2D eigenvalue weighted by Gasteiger charge is 2.36. The zero-order valence-corrected chi connectivity index (χ0v) is 15.1. The first-order valence-corrected chi connectivity index (χ1v) is 8.61. The largest absolute Gasteiger partial charge is 0.507 e. The molecule has 0 aliphatic carbocycles. The summed E-state index contributed by atoms with van der Waals surface area (Å²) < 4.78 is 0.689. The number of amides is 3. The third kappa shape index (κ3) is 5.07. The number of carboxylic acids is 1. The van der Waals surface area contributed by atoms with Crippen LogP contribution < -0.4 is 5.32 Å². The lowest BCUT2D eigenvalue weighted by atomic mass is 10.2. The zero-order chi connectivity index (χ0) is 18.6. The van der Waals surface area contributed by atoms with Gasteiger partial charge in [-0.15, -0.1) is 0 Å². The molecule has 0 bridgehead atoms. The lowest BCUT2D eigenvalue weighted by molar-refractivity contribution is -0.137. The van der Waals surface area contributed by atoms with E-state index in [0.29, 0.717) is 21.8 Å². The average Bonchev–Trinajstić information content (AvgIpc) is 2.78. The number of aliphatic carboxylic acids is 1. The summed E-state index contributed by atoms with van der Waals surface area (Å²) in [6, 6.07) is 4.65. The molecular weight excluding hydrogens is 416 g/mol. The summed E-state index contributed by atoms with van der Waals surface area (Å²) in [6.07, 6.45) is 1.11. The maximum Gasteiger partial charge on any atom is 0.305 e. The highest BCUT2D eigenvalue weighted by Crippen LogP contribution is 2.34. The van der Waals surface area contributed by atoms with E-state index in [1.165, 1.54) is 12.1 Å². The van der Waals surface area contributed by atoms with E-state index in [-0.39, 0.29) is 23.6 Å². The summed E-state index contributed by atoms with van der Waals surface area (Å²) in [6.45, 7) is -0.585. The number of carboxylic acid groups (broad SMARTS) is 1. The molecule has 1 fully saturated rings. The SMILES string of the molecule is O=C(O)CCNC(=O)CN1C(=O)S/C(=C\c2cc(Br)ccc2O)C1=O. The Hall–Kier alpha value is -2.33. The van der Waals surface area contributed by atoms with Crippen molar-refractivity contribution in [3.63, 3.8) is 0 Å². The summed E-state index contributed by atoms with van der Waals surface area (Å²) in [5, 5.41) is 20.0. The first-order valence-electron chi connectivity index (χ1n) is 7.00. The van der Waals surface area contributed by atoms with E-state index in [1.54, 1.807) is 12.1 Å². The van der Waals surface area contributed by atoms with E-state index in [1.807, 2.05) is 0 Å². The molecule has 0 atom stereocenters. The third-order valence-electron chi connectivity index (χ3n) is 3.11. The summed E-state index contributed by atoms with van der Waals surface area (Å²) in [5.74, 6) is -2.40. The van der Waals surface area contributed by atoms with Gasteiger partial charge in [-0.2, -0.15) is 0 Å². The molecule has 25 heavy (non-hydrogen) atoms. The molecule has 3 N–H and O–H groups in total.